The van der Waals surface area contributed by atoms with E-state index in [1.165, 1.54) is 6.26 Å². The maximum absolute atomic E-state index is 12.7. The Labute approximate surface area is 154 Å². The van der Waals surface area contributed by atoms with Crippen LogP contribution in [0.4, 0.5) is 0 Å². The van der Waals surface area contributed by atoms with Crippen molar-refractivity contribution >= 4 is 11.8 Å². The largest absolute Gasteiger partial charge is 0.469 e. The SMILES string of the molecule is COCCN(CCC(=O)NC(C)c1ccccc1)C(=O)c1ccoc1C. The standard InChI is InChI=1S/C20H26N2O4/c1-15(17-7-5-4-6-8-17)21-19(23)9-11-22(12-14-25-3)20(24)18-10-13-26-16(18)2/h4-8,10,13,15H,9,11-12,14H2,1-3H3,(H,21,23). The molecule has 0 spiro atoms. The molecule has 1 N–H and O–H groups in total. The van der Waals surface area contributed by atoms with Crippen molar-refractivity contribution in [2.24, 2.45) is 0 Å². The molecule has 2 rings (SSSR count). The predicted molar refractivity (Wildman–Crippen MR) is 98.8 cm³/mol. The Kier molecular flexibility index (Phi) is 7.41. The first-order chi connectivity index (χ1) is 12.5. The lowest BCUT2D eigenvalue weighted by molar-refractivity contribution is -0.121. The van der Waals surface area contributed by atoms with Crippen molar-refractivity contribution < 1.29 is 18.7 Å². The Morgan fingerprint density at radius 3 is 2.54 bits per heavy atom. The van der Waals surface area contributed by atoms with E-state index in [1.54, 1.807) is 25.0 Å². The number of amides is 2. The molecule has 2 amide bonds. The highest BCUT2D eigenvalue weighted by molar-refractivity contribution is 5.95. The third-order valence-corrected chi connectivity index (χ3v) is 4.23. The van der Waals surface area contributed by atoms with Crippen molar-refractivity contribution in [3.63, 3.8) is 0 Å². The molecule has 1 aromatic carbocycles. The van der Waals surface area contributed by atoms with E-state index in [9.17, 15) is 9.59 Å². The van der Waals surface area contributed by atoms with Crippen molar-refractivity contribution in [3.8, 4) is 0 Å². The smallest absolute Gasteiger partial charge is 0.257 e. The van der Waals surface area contributed by atoms with E-state index in [2.05, 4.69) is 5.32 Å². The fourth-order valence-corrected chi connectivity index (χ4v) is 2.67. The van der Waals surface area contributed by atoms with Crippen molar-refractivity contribution in [2.75, 3.05) is 26.8 Å². The van der Waals surface area contributed by atoms with Gasteiger partial charge in [-0.05, 0) is 25.5 Å². The van der Waals surface area contributed by atoms with Gasteiger partial charge >= 0.3 is 0 Å². The average Bonchev–Trinajstić information content (AvgIpc) is 3.08. The van der Waals surface area contributed by atoms with Crippen LogP contribution in [-0.4, -0.2) is 43.5 Å². The first kappa shape index (κ1) is 19.7. The summed E-state index contributed by atoms with van der Waals surface area (Å²) in [6.07, 6.45) is 1.72. The molecule has 0 aliphatic carbocycles. The van der Waals surface area contributed by atoms with Gasteiger partial charge in [-0.1, -0.05) is 30.3 Å². The number of rotatable bonds is 9. The van der Waals surface area contributed by atoms with Crippen molar-refractivity contribution in [1.29, 1.82) is 0 Å². The van der Waals surface area contributed by atoms with Gasteiger partial charge in [0.15, 0.2) is 0 Å². The molecule has 1 atom stereocenters. The molecule has 1 heterocycles. The number of furan rings is 1. The predicted octanol–water partition coefficient (Wildman–Crippen LogP) is 2.94. The molecule has 0 saturated heterocycles. The van der Waals surface area contributed by atoms with Gasteiger partial charge in [0.05, 0.1) is 24.5 Å². The zero-order valence-corrected chi connectivity index (χ0v) is 15.5. The summed E-state index contributed by atoms with van der Waals surface area (Å²) >= 11 is 0. The second kappa shape index (κ2) is 9.77. The molecular weight excluding hydrogens is 332 g/mol. The quantitative estimate of drug-likeness (QED) is 0.748. The van der Waals surface area contributed by atoms with E-state index in [4.69, 9.17) is 9.15 Å². The Balaban J connectivity index is 1.92. The van der Waals surface area contributed by atoms with E-state index in [0.29, 0.717) is 31.0 Å². The number of hydrogen-bond acceptors (Lipinski definition) is 4. The molecule has 0 fully saturated rings. The van der Waals surface area contributed by atoms with Crippen molar-refractivity contribution in [2.45, 2.75) is 26.3 Å². The highest BCUT2D eigenvalue weighted by atomic mass is 16.5. The zero-order chi connectivity index (χ0) is 18.9. The first-order valence-electron chi connectivity index (χ1n) is 8.69. The van der Waals surface area contributed by atoms with Crippen LogP contribution in [0.15, 0.2) is 47.1 Å². The molecule has 6 heteroatoms. The number of methoxy groups -OCH3 is 1. The molecule has 6 nitrogen and oxygen atoms in total. The first-order valence-corrected chi connectivity index (χ1v) is 8.69. The summed E-state index contributed by atoms with van der Waals surface area (Å²) < 4.78 is 10.3. The summed E-state index contributed by atoms with van der Waals surface area (Å²) in [5.74, 6) is 0.317. The lowest BCUT2D eigenvalue weighted by Crippen LogP contribution is -2.37. The number of hydrogen-bond donors (Lipinski definition) is 1. The third kappa shape index (κ3) is 5.46. The van der Waals surface area contributed by atoms with Crippen LogP contribution in [0, 0.1) is 6.92 Å². The normalized spacial score (nSPS) is 11.8. The van der Waals surface area contributed by atoms with E-state index in [-0.39, 0.29) is 24.3 Å². The summed E-state index contributed by atoms with van der Waals surface area (Å²) in [7, 11) is 1.58. The number of benzene rings is 1. The topological polar surface area (TPSA) is 71.8 Å². The molecule has 140 valence electrons. The highest BCUT2D eigenvalue weighted by Gasteiger charge is 2.20. The molecule has 1 aromatic heterocycles. The minimum absolute atomic E-state index is 0.0806. The summed E-state index contributed by atoms with van der Waals surface area (Å²) in [4.78, 5) is 26.6. The second-order valence-corrected chi connectivity index (χ2v) is 6.13. The van der Waals surface area contributed by atoms with Gasteiger partial charge in [-0.25, -0.2) is 0 Å². The minimum Gasteiger partial charge on any atom is -0.469 e. The molecule has 26 heavy (non-hydrogen) atoms. The summed E-state index contributed by atoms with van der Waals surface area (Å²) in [5.41, 5.74) is 1.56. The van der Waals surface area contributed by atoms with Crippen LogP contribution in [0.25, 0.3) is 0 Å². The number of nitrogens with one attached hydrogen (secondary N) is 1. The number of ether oxygens (including phenoxy) is 1. The van der Waals surface area contributed by atoms with E-state index >= 15 is 0 Å². The van der Waals surface area contributed by atoms with Crippen LogP contribution < -0.4 is 5.32 Å². The van der Waals surface area contributed by atoms with Gasteiger partial charge in [0.25, 0.3) is 5.91 Å². The van der Waals surface area contributed by atoms with E-state index < -0.39 is 0 Å². The van der Waals surface area contributed by atoms with Crippen LogP contribution >= 0.6 is 0 Å². The molecule has 0 bridgehead atoms. The van der Waals surface area contributed by atoms with Crippen LogP contribution in [-0.2, 0) is 9.53 Å². The number of carbonyl (C=O) groups is 2. The number of carbonyl (C=O) groups excluding carboxylic acids is 2. The van der Waals surface area contributed by atoms with Crippen molar-refractivity contribution in [1.82, 2.24) is 10.2 Å². The minimum atomic E-state index is -0.155. The molecule has 1 unspecified atom stereocenters. The third-order valence-electron chi connectivity index (χ3n) is 4.23. The van der Waals surface area contributed by atoms with Crippen LogP contribution in [0.2, 0.25) is 0 Å². The van der Waals surface area contributed by atoms with Gasteiger partial charge in [0.1, 0.15) is 5.76 Å². The van der Waals surface area contributed by atoms with Crippen LogP contribution in [0.3, 0.4) is 0 Å². The van der Waals surface area contributed by atoms with Gasteiger partial charge in [-0.15, -0.1) is 0 Å². The zero-order valence-electron chi connectivity index (χ0n) is 15.5. The number of aryl methyl sites for hydroxylation is 1. The molecule has 0 aliphatic heterocycles. The summed E-state index contributed by atoms with van der Waals surface area (Å²) in [5, 5.41) is 2.97. The second-order valence-electron chi connectivity index (χ2n) is 6.13. The Morgan fingerprint density at radius 2 is 1.92 bits per heavy atom. The fraction of sp³-hybridized carbons (Fsp3) is 0.400. The van der Waals surface area contributed by atoms with Gasteiger partial charge in [0, 0.05) is 26.6 Å². The summed E-state index contributed by atoms with van der Waals surface area (Å²) in [6.45, 7) is 4.83. The Morgan fingerprint density at radius 1 is 1.19 bits per heavy atom. The lowest BCUT2D eigenvalue weighted by atomic mass is 10.1. The maximum atomic E-state index is 12.7. The summed E-state index contributed by atoms with van der Waals surface area (Å²) in [6, 6.07) is 11.3. The molecule has 0 aliphatic rings. The highest BCUT2D eigenvalue weighted by Crippen LogP contribution is 2.14. The fourth-order valence-electron chi connectivity index (χ4n) is 2.67. The van der Waals surface area contributed by atoms with Crippen LogP contribution in [0.1, 0.15) is 41.1 Å². The van der Waals surface area contributed by atoms with Crippen LogP contribution in [0.5, 0.6) is 0 Å². The van der Waals surface area contributed by atoms with Crippen molar-refractivity contribution in [3.05, 3.63) is 59.5 Å². The van der Waals surface area contributed by atoms with E-state index in [0.717, 1.165) is 5.56 Å². The van der Waals surface area contributed by atoms with Gasteiger partial charge < -0.3 is 19.4 Å². The lowest BCUT2D eigenvalue weighted by Gasteiger charge is -2.22. The Hall–Kier alpha value is -2.60. The molecule has 0 saturated carbocycles. The molecule has 2 aromatic rings. The molecule has 0 radical (unpaired) electrons. The van der Waals surface area contributed by atoms with Gasteiger partial charge in [-0.3, -0.25) is 9.59 Å². The number of nitrogens with zero attached hydrogens (tertiary/aromatic N) is 1. The average molecular weight is 358 g/mol. The molecular formula is C20H26N2O4. The van der Waals surface area contributed by atoms with Gasteiger partial charge in [-0.2, -0.15) is 0 Å². The monoisotopic (exact) mass is 358 g/mol. The maximum Gasteiger partial charge on any atom is 0.257 e. The Bertz CT molecular complexity index is 712. The van der Waals surface area contributed by atoms with Gasteiger partial charge in [0.2, 0.25) is 5.91 Å². The van der Waals surface area contributed by atoms with E-state index in [1.807, 2.05) is 37.3 Å².